The van der Waals surface area contributed by atoms with Crippen molar-refractivity contribution in [3.05, 3.63) is 34.9 Å². The Morgan fingerprint density at radius 2 is 1.93 bits per heavy atom. The number of hydrogen-bond acceptors (Lipinski definition) is 8. The summed E-state index contributed by atoms with van der Waals surface area (Å²) in [6.45, 7) is 3.71. The van der Waals surface area contributed by atoms with Gasteiger partial charge in [-0.25, -0.2) is 0 Å². The van der Waals surface area contributed by atoms with Crippen LogP contribution in [0.15, 0.2) is 28.6 Å². The lowest BCUT2D eigenvalue weighted by Gasteiger charge is -2.34. The van der Waals surface area contributed by atoms with Crippen LogP contribution in [-0.4, -0.2) is 79.1 Å². The highest BCUT2D eigenvalue weighted by Crippen LogP contribution is 2.28. The largest absolute Gasteiger partial charge is 0.383 e. The number of anilines is 1. The first kappa shape index (κ1) is 22.8. The minimum atomic E-state index is -0.0541. The van der Waals surface area contributed by atoms with Gasteiger partial charge in [0.1, 0.15) is 0 Å². The Labute approximate surface area is 188 Å². The summed E-state index contributed by atoms with van der Waals surface area (Å²) in [6.07, 6.45) is 0.378. The molecule has 0 spiro atoms. The number of piperazine rings is 1. The molecule has 1 saturated heterocycles. The Bertz CT molecular complexity index is 841. The van der Waals surface area contributed by atoms with Crippen LogP contribution in [0.25, 0.3) is 0 Å². The minimum Gasteiger partial charge on any atom is -0.383 e. The third kappa shape index (κ3) is 6.83. The molecule has 0 unspecified atom stereocenters. The second-order valence-corrected chi connectivity index (χ2v) is 9.27. The third-order valence-electron chi connectivity index (χ3n) is 4.52. The molecule has 8 nitrogen and oxygen atoms in total. The van der Waals surface area contributed by atoms with Crippen LogP contribution in [0.4, 0.5) is 5.13 Å². The van der Waals surface area contributed by atoms with Crippen molar-refractivity contribution in [2.24, 2.45) is 0 Å². The topological polar surface area (TPSA) is 87.7 Å². The predicted molar refractivity (Wildman–Crippen MR) is 119 cm³/mol. The van der Waals surface area contributed by atoms with Gasteiger partial charge in [0.15, 0.2) is 4.34 Å². The lowest BCUT2D eigenvalue weighted by molar-refractivity contribution is -0.130. The average molecular weight is 470 g/mol. The molecule has 1 aromatic carbocycles. The molecule has 3 rings (SSSR count). The van der Waals surface area contributed by atoms with E-state index in [1.165, 1.54) is 23.1 Å². The summed E-state index contributed by atoms with van der Waals surface area (Å²) in [6, 6.07) is 7.37. The van der Waals surface area contributed by atoms with Gasteiger partial charge < -0.3 is 19.9 Å². The van der Waals surface area contributed by atoms with Gasteiger partial charge in [-0.05, 0) is 17.7 Å². The Balaban J connectivity index is 1.42. The van der Waals surface area contributed by atoms with Gasteiger partial charge in [0.25, 0.3) is 0 Å². The first-order chi connectivity index (χ1) is 14.5. The minimum absolute atomic E-state index is 0.0541. The number of rotatable bonds is 9. The third-order valence-corrected chi connectivity index (χ3v) is 6.89. The number of methoxy groups -OCH3 is 1. The number of thioether (sulfide) groups is 1. The molecule has 0 saturated carbocycles. The molecule has 0 aliphatic carbocycles. The number of carbonyl (C=O) groups is 2. The van der Waals surface area contributed by atoms with Crippen molar-refractivity contribution in [3.63, 3.8) is 0 Å². The summed E-state index contributed by atoms with van der Waals surface area (Å²) < 4.78 is 5.66. The number of aromatic nitrogens is 2. The van der Waals surface area contributed by atoms with Gasteiger partial charge in [0.05, 0.1) is 18.8 Å². The van der Waals surface area contributed by atoms with Gasteiger partial charge in [0, 0.05) is 44.9 Å². The van der Waals surface area contributed by atoms with Crippen molar-refractivity contribution in [2.75, 3.05) is 57.1 Å². The Morgan fingerprint density at radius 1 is 1.20 bits per heavy atom. The summed E-state index contributed by atoms with van der Waals surface area (Å²) in [5, 5.41) is 12.7. The number of ether oxygens (including phenoxy) is 1. The summed E-state index contributed by atoms with van der Waals surface area (Å²) in [5.41, 5.74) is 0.962. The van der Waals surface area contributed by atoms with Crippen LogP contribution in [0, 0.1) is 0 Å². The van der Waals surface area contributed by atoms with Crippen molar-refractivity contribution in [1.82, 2.24) is 20.4 Å². The number of carbonyl (C=O) groups excluding carboxylic acids is 2. The van der Waals surface area contributed by atoms with Crippen molar-refractivity contribution in [1.29, 1.82) is 0 Å². The molecule has 162 valence electrons. The van der Waals surface area contributed by atoms with E-state index in [2.05, 4.69) is 20.4 Å². The Hall–Kier alpha value is -1.88. The van der Waals surface area contributed by atoms with Gasteiger partial charge >= 0.3 is 0 Å². The zero-order valence-corrected chi connectivity index (χ0v) is 19.1. The van der Waals surface area contributed by atoms with Gasteiger partial charge in [-0.15, -0.1) is 10.2 Å². The molecule has 2 aromatic rings. The zero-order valence-electron chi connectivity index (χ0n) is 16.7. The van der Waals surface area contributed by atoms with Gasteiger partial charge in [-0.1, -0.05) is 46.8 Å². The number of amides is 2. The summed E-state index contributed by atoms with van der Waals surface area (Å²) in [4.78, 5) is 28.3. The summed E-state index contributed by atoms with van der Waals surface area (Å²) in [7, 11) is 1.60. The van der Waals surface area contributed by atoms with Gasteiger partial charge in [-0.3, -0.25) is 9.59 Å². The molecule has 11 heteroatoms. The standard InChI is InChI=1S/C19H24ClN5O3S2/c1-28-11-6-21-16(26)13-29-19-23-22-18(30-19)25-9-7-24(8-10-25)17(27)12-14-2-4-15(20)5-3-14/h2-5H,6-13H2,1H3,(H,21,26). The maximum Gasteiger partial charge on any atom is 0.230 e. The fraction of sp³-hybridized carbons (Fsp3) is 0.474. The highest BCUT2D eigenvalue weighted by atomic mass is 35.5. The molecule has 0 bridgehead atoms. The SMILES string of the molecule is COCCNC(=O)CSc1nnc(N2CCN(C(=O)Cc3ccc(Cl)cc3)CC2)s1. The smallest absolute Gasteiger partial charge is 0.230 e. The van der Waals surface area contributed by atoms with E-state index in [0.717, 1.165) is 15.0 Å². The molecular weight excluding hydrogens is 446 g/mol. The van der Waals surface area contributed by atoms with Crippen molar-refractivity contribution in [2.45, 2.75) is 10.8 Å². The molecule has 0 atom stereocenters. The van der Waals surface area contributed by atoms with Gasteiger partial charge in [0.2, 0.25) is 16.9 Å². The van der Waals surface area contributed by atoms with Gasteiger partial charge in [-0.2, -0.15) is 0 Å². The van der Waals surface area contributed by atoms with Crippen LogP contribution in [0.2, 0.25) is 5.02 Å². The summed E-state index contributed by atoms with van der Waals surface area (Å²) in [5.74, 6) is 0.359. The normalized spacial score (nSPS) is 14.1. The molecule has 30 heavy (non-hydrogen) atoms. The van der Waals surface area contributed by atoms with E-state index < -0.39 is 0 Å². The molecule has 1 N–H and O–H groups in total. The fourth-order valence-corrected chi connectivity index (χ4v) is 4.74. The molecule has 2 amide bonds. The highest BCUT2D eigenvalue weighted by Gasteiger charge is 2.23. The van der Waals surface area contributed by atoms with E-state index in [1.54, 1.807) is 19.2 Å². The Kier molecular flexibility index (Phi) is 8.74. The van der Waals surface area contributed by atoms with Crippen molar-refractivity contribution in [3.8, 4) is 0 Å². The van der Waals surface area contributed by atoms with Crippen LogP contribution >= 0.6 is 34.7 Å². The molecule has 1 aliphatic rings. The van der Waals surface area contributed by atoms with Crippen LogP contribution in [0.3, 0.4) is 0 Å². The molecule has 1 aliphatic heterocycles. The van der Waals surface area contributed by atoms with E-state index in [4.69, 9.17) is 16.3 Å². The molecule has 0 radical (unpaired) electrons. The van der Waals surface area contributed by atoms with E-state index in [9.17, 15) is 9.59 Å². The number of halogens is 1. The first-order valence-corrected chi connectivity index (χ1v) is 11.7. The number of hydrogen-bond donors (Lipinski definition) is 1. The molecule has 1 fully saturated rings. The van der Waals surface area contributed by atoms with Crippen molar-refractivity contribution >= 4 is 51.6 Å². The first-order valence-electron chi connectivity index (χ1n) is 9.54. The zero-order chi connectivity index (χ0) is 21.3. The maximum absolute atomic E-state index is 12.5. The molecular formula is C19H24ClN5O3S2. The number of benzene rings is 1. The average Bonchev–Trinajstić information content (AvgIpc) is 3.23. The number of nitrogens with zero attached hydrogens (tertiary/aromatic N) is 4. The number of nitrogens with one attached hydrogen (secondary N) is 1. The maximum atomic E-state index is 12.5. The summed E-state index contributed by atoms with van der Waals surface area (Å²) >= 11 is 8.74. The van der Waals surface area contributed by atoms with E-state index in [0.29, 0.717) is 56.5 Å². The lowest BCUT2D eigenvalue weighted by Crippen LogP contribution is -2.49. The predicted octanol–water partition coefficient (Wildman–Crippen LogP) is 1.94. The second-order valence-electron chi connectivity index (χ2n) is 6.65. The monoisotopic (exact) mass is 469 g/mol. The fourth-order valence-electron chi connectivity index (χ4n) is 2.90. The highest BCUT2D eigenvalue weighted by molar-refractivity contribution is 8.01. The van der Waals surface area contributed by atoms with E-state index >= 15 is 0 Å². The van der Waals surface area contributed by atoms with Crippen LogP contribution < -0.4 is 10.2 Å². The molecule has 2 heterocycles. The lowest BCUT2D eigenvalue weighted by atomic mass is 10.1. The quantitative estimate of drug-likeness (QED) is 0.443. The molecule has 1 aromatic heterocycles. The van der Waals surface area contributed by atoms with Crippen LogP contribution in [0.5, 0.6) is 0 Å². The van der Waals surface area contributed by atoms with Crippen molar-refractivity contribution < 1.29 is 14.3 Å². The second kappa shape index (κ2) is 11.5. The van der Waals surface area contributed by atoms with E-state index in [-0.39, 0.29) is 11.8 Å². The van der Waals surface area contributed by atoms with Crippen LogP contribution in [0.1, 0.15) is 5.56 Å². The van der Waals surface area contributed by atoms with E-state index in [1.807, 2.05) is 17.0 Å². The van der Waals surface area contributed by atoms with Crippen LogP contribution in [-0.2, 0) is 20.7 Å². The Morgan fingerprint density at radius 3 is 2.63 bits per heavy atom.